The largest absolute Gasteiger partial charge is 0.443 e. The van der Waals surface area contributed by atoms with Crippen LogP contribution in [0.3, 0.4) is 0 Å². The van der Waals surface area contributed by atoms with Gasteiger partial charge in [-0.3, -0.25) is 9.69 Å². The molecule has 0 radical (unpaired) electrons. The molecule has 0 fully saturated rings. The van der Waals surface area contributed by atoms with E-state index in [1.54, 1.807) is 39.8 Å². The Morgan fingerprint density at radius 1 is 1.29 bits per heavy atom. The van der Waals surface area contributed by atoms with Gasteiger partial charge in [0.1, 0.15) is 28.6 Å². The normalized spacial score (nSPS) is 16.5. The van der Waals surface area contributed by atoms with Gasteiger partial charge in [-0.05, 0) is 51.5 Å². The fourth-order valence-corrected chi connectivity index (χ4v) is 3.48. The molecule has 34 heavy (non-hydrogen) atoms. The number of carbonyl (C=O) groups excluding carboxylic acids is 2. The lowest BCUT2D eigenvalue weighted by atomic mass is 10.2. The van der Waals surface area contributed by atoms with Gasteiger partial charge < -0.3 is 20.1 Å². The minimum Gasteiger partial charge on any atom is -0.443 e. The summed E-state index contributed by atoms with van der Waals surface area (Å²) in [6.45, 7) is 7.50. The third kappa shape index (κ3) is 5.09. The summed E-state index contributed by atoms with van der Waals surface area (Å²) in [6.07, 6.45) is 0.772. The maximum Gasteiger partial charge on any atom is 0.415 e. The molecule has 1 aliphatic heterocycles. The van der Waals surface area contributed by atoms with E-state index >= 15 is 0 Å². The Kier molecular flexibility index (Phi) is 6.13. The Balaban J connectivity index is 1.85. The Morgan fingerprint density at radius 2 is 2.06 bits per heavy atom. The lowest BCUT2D eigenvalue weighted by Gasteiger charge is -2.25. The molecule has 2 amide bonds. The van der Waals surface area contributed by atoms with Gasteiger partial charge in [0.2, 0.25) is 0 Å². The molecule has 4 rings (SSSR count). The predicted octanol–water partition coefficient (Wildman–Crippen LogP) is 3.63. The molecule has 0 spiro atoms. The number of anilines is 3. The molecule has 3 heterocycles. The molecular formula is C23H27FN6O4. The summed E-state index contributed by atoms with van der Waals surface area (Å²) >= 11 is 0. The van der Waals surface area contributed by atoms with E-state index in [9.17, 15) is 14.0 Å². The summed E-state index contributed by atoms with van der Waals surface area (Å²) in [5.41, 5.74) is 0.783. The quantitative estimate of drug-likeness (QED) is 0.559. The molecule has 1 aliphatic rings. The minimum absolute atomic E-state index is 0.171. The number of fused-ring (bicyclic) bond motifs is 3. The number of ether oxygens (including phenoxy) is 2. The molecule has 3 aromatic rings. The number of rotatable bonds is 1. The maximum atomic E-state index is 14.3. The zero-order valence-electron chi connectivity index (χ0n) is 19.7. The molecule has 4 bridgehead atoms. The van der Waals surface area contributed by atoms with Crippen LogP contribution in [0.1, 0.15) is 43.6 Å². The number of hydrogen-bond acceptors (Lipinski definition) is 7. The zero-order valence-corrected chi connectivity index (χ0v) is 19.7. The molecule has 1 atom stereocenters. The van der Waals surface area contributed by atoms with Crippen molar-refractivity contribution in [2.75, 3.05) is 23.9 Å². The molecule has 2 N–H and O–H groups in total. The van der Waals surface area contributed by atoms with Crippen LogP contribution in [0.2, 0.25) is 0 Å². The van der Waals surface area contributed by atoms with Crippen molar-refractivity contribution in [2.24, 2.45) is 0 Å². The molecule has 10 nitrogen and oxygen atoms in total. The first-order chi connectivity index (χ1) is 16.0. The molecule has 0 unspecified atom stereocenters. The molecule has 180 valence electrons. The fraction of sp³-hybridized carbons (Fsp3) is 0.391. The Bertz CT molecular complexity index is 1250. The highest BCUT2D eigenvalue weighted by Gasteiger charge is 2.25. The number of nitrogens with zero attached hydrogens (tertiary/aromatic N) is 4. The van der Waals surface area contributed by atoms with Crippen molar-refractivity contribution in [1.82, 2.24) is 19.9 Å². The van der Waals surface area contributed by atoms with Crippen molar-refractivity contribution in [3.63, 3.8) is 0 Å². The summed E-state index contributed by atoms with van der Waals surface area (Å²) in [6, 6.07) is 5.71. The second kappa shape index (κ2) is 8.90. The predicted molar refractivity (Wildman–Crippen MR) is 124 cm³/mol. The lowest BCUT2D eigenvalue weighted by Crippen LogP contribution is -2.36. The molecule has 11 heteroatoms. The van der Waals surface area contributed by atoms with Crippen molar-refractivity contribution < 1.29 is 23.5 Å². The number of amides is 2. The van der Waals surface area contributed by atoms with Crippen molar-refractivity contribution in [1.29, 1.82) is 0 Å². The van der Waals surface area contributed by atoms with Gasteiger partial charge in [0.05, 0.1) is 19.4 Å². The maximum absolute atomic E-state index is 14.3. The third-order valence-corrected chi connectivity index (χ3v) is 4.95. The van der Waals surface area contributed by atoms with Crippen molar-refractivity contribution >= 4 is 35.0 Å². The van der Waals surface area contributed by atoms with Gasteiger partial charge in [-0.1, -0.05) is 0 Å². The summed E-state index contributed by atoms with van der Waals surface area (Å²) in [4.78, 5) is 31.5. The fourth-order valence-electron chi connectivity index (χ4n) is 3.48. The zero-order chi connectivity index (χ0) is 24.6. The van der Waals surface area contributed by atoms with Crippen LogP contribution in [0.4, 0.5) is 26.5 Å². The second-order valence-corrected chi connectivity index (χ2v) is 9.20. The van der Waals surface area contributed by atoms with Crippen LogP contribution in [0, 0.1) is 5.82 Å². The Labute approximate surface area is 196 Å². The van der Waals surface area contributed by atoms with Crippen LogP contribution in [0.5, 0.6) is 0 Å². The minimum atomic E-state index is -0.711. The van der Waals surface area contributed by atoms with E-state index in [0.717, 1.165) is 0 Å². The third-order valence-electron chi connectivity index (χ3n) is 4.95. The van der Waals surface area contributed by atoms with E-state index in [4.69, 9.17) is 9.47 Å². The van der Waals surface area contributed by atoms with Crippen molar-refractivity contribution in [3.8, 4) is 0 Å². The summed E-state index contributed by atoms with van der Waals surface area (Å²) in [5, 5.41) is 10.2. The number of hydrogen-bond donors (Lipinski definition) is 2. The molecule has 0 aliphatic carbocycles. The van der Waals surface area contributed by atoms with Crippen LogP contribution < -0.4 is 15.5 Å². The van der Waals surface area contributed by atoms with Crippen LogP contribution in [0.15, 0.2) is 30.5 Å². The van der Waals surface area contributed by atoms with E-state index in [1.807, 2.05) is 0 Å². The van der Waals surface area contributed by atoms with E-state index < -0.39 is 17.5 Å². The number of benzene rings is 1. The average Bonchev–Trinajstić information content (AvgIpc) is 3.14. The second-order valence-electron chi connectivity index (χ2n) is 9.20. The van der Waals surface area contributed by atoms with E-state index in [-0.39, 0.29) is 42.2 Å². The smallest absolute Gasteiger partial charge is 0.415 e. The first-order valence-electron chi connectivity index (χ1n) is 10.8. The molecule has 2 aromatic heterocycles. The first kappa shape index (κ1) is 23.4. The van der Waals surface area contributed by atoms with Gasteiger partial charge in [0.15, 0.2) is 5.65 Å². The standard InChI is InChI=1S/C23H27FN6O4/c1-13-11-33-12-14-6-15(24)8-16(7-14)27-18-9-19(29(5)22(32)34-23(2,3)4)30-20(28-18)17(10-25-30)21(31)26-13/h6-10,13H,11-12H2,1-5H3,(H,26,31)(H,27,28)/t13-/m1/s1. The van der Waals surface area contributed by atoms with Gasteiger partial charge in [-0.2, -0.15) is 9.61 Å². The monoisotopic (exact) mass is 470 g/mol. The van der Waals surface area contributed by atoms with Gasteiger partial charge >= 0.3 is 6.09 Å². The van der Waals surface area contributed by atoms with Gasteiger partial charge in [0.25, 0.3) is 5.91 Å². The van der Waals surface area contributed by atoms with E-state index in [1.165, 1.54) is 34.8 Å². The molecule has 0 saturated heterocycles. The topological polar surface area (TPSA) is 110 Å². The average molecular weight is 471 g/mol. The highest BCUT2D eigenvalue weighted by atomic mass is 19.1. The van der Waals surface area contributed by atoms with Crippen LogP contribution in [0.25, 0.3) is 5.65 Å². The first-order valence-corrected chi connectivity index (χ1v) is 10.8. The summed E-state index contributed by atoms with van der Waals surface area (Å²) in [7, 11) is 1.53. The summed E-state index contributed by atoms with van der Waals surface area (Å²) < 4.78 is 26.8. The Morgan fingerprint density at radius 3 is 2.79 bits per heavy atom. The number of carbonyl (C=O) groups is 2. The van der Waals surface area contributed by atoms with Crippen LogP contribution in [-0.4, -0.2) is 51.9 Å². The van der Waals surface area contributed by atoms with Crippen molar-refractivity contribution in [3.05, 3.63) is 47.4 Å². The SMILES string of the molecule is C[C@@H]1COCc2cc(F)cc(c2)Nc2cc(N(C)C(=O)OC(C)(C)C)n3ncc(c3n2)C(=O)N1. The highest BCUT2D eigenvalue weighted by molar-refractivity contribution is 6.00. The van der Waals surface area contributed by atoms with E-state index in [0.29, 0.717) is 17.1 Å². The van der Waals surface area contributed by atoms with Crippen LogP contribution >= 0.6 is 0 Å². The van der Waals surface area contributed by atoms with Crippen molar-refractivity contribution in [2.45, 2.75) is 45.9 Å². The van der Waals surface area contributed by atoms with Gasteiger partial charge in [-0.25, -0.2) is 14.2 Å². The van der Waals surface area contributed by atoms with Crippen LogP contribution in [-0.2, 0) is 16.1 Å². The lowest BCUT2D eigenvalue weighted by molar-refractivity contribution is 0.0587. The molecular weight excluding hydrogens is 443 g/mol. The van der Waals surface area contributed by atoms with Gasteiger partial charge in [-0.15, -0.1) is 0 Å². The Hall–Kier alpha value is -3.73. The number of nitrogens with one attached hydrogen (secondary N) is 2. The molecule has 1 aromatic carbocycles. The molecule has 0 saturated carbocycles. The van der Waals surface area contributed by atoms with E-state index in [2.05, 4.69) is 20.7 Å². The number of aromatic nitrogens is 3. The van der Waals surface area contributed by atoms with Gasteiger partial charge in [0, 0.05) is 24.8 Å². The summed E-state index contributed by atoms with van der Waals surface area (Å²) in [5.74, 6) is -0.228. The number of halogens is 1. The highest BCUT2D eigenvalue weighted by Crippen LogP contribution is 2.26.